The lowest BCUT2D eigenvalue weighted by molar-refractivity contribution is -0.167. The predicted molar refractivity (Wildman–Crippen MR) is 106 cm³/mol. The number of piperazine rings is 1. The van der Waals surface area contributed by atoms with E-state index in [0.717, 1.165) is 4.90 Å². The first kappa shape index (κ1) is 23.2. The molecule has 2 saturated heterocycles. The Hall–Kier alpha value is -3.05. The number of carbonyl (C=O) groups excluding carboxylic acids is 3. The van der Waals surface area contributed by atoms with Gasteiger partial charge in [0.2, 0.25) is 5.91 Å². The molecule has 0 bridgehead atoms. The third kappa shape index (κ3) is 5.51. The molecular weight excluding hydrogens is 396 g/mol. The summed E-state index contributed by atoms with van der Waals surface area (Å²) in [4.78, 5) is 56.3. The van der Waals surface area contributed by atoms with E-state index in [2.05, 4.69) is 4.99 Å². The minimum atomic E-state index is -1.23. The van der Waals surface area contributed by atoms with Gasteiger partial charge in [0.15, 0.2) is 12.0 Å². The monoisotopic (exact) mass is 426 g/mol. The van der Waals surface area contributed by atoms with Gasteiger partial charge in [-0.2, -0.15) is 0 Å². The van der Waals surface area contributed by atoms with Crippen molar-refractivity contribution in [1.82, 2.24) is 14.7 Å². The summed E-state index contributed by atoms with van der Waals surface area (Å²) in [5, 5.41) is 9.50. The molecule has 5 N–H and O–H groups in total. The van der Waals surface area contributed by atoms with Crippen molar-refractivity contribution in [3.8, 4) is 0 Å². The summed E-state index contributed by atoms with van der Waals surface area (Å²) in [5.41, 5.74) is 10.5. The summed E-state index contributed by atoms with van der Waals surface area (Å²) in [6.07, 6.45) is 0.253. The Balaban J connectivity index is 1.89. The lowest BCUT2D eigenvalue weighted by atomic mass is 9.84. The molecule has 0 aliphatic carbocycles. The van der Waals surface area contributed by atoms with Gasteiger partial charge in [-0.25, -0.2) is 19.3 Å². The van der Waals surface area contributed by atoms with Crippen molar-refractivity contribution in [2.24, 2.45) is 28.3 Å². The molecular formula is C18H30N6O6. The molecule has 0 aromatic rings. The van der Waals surface area contributed by atoms with Crippen LogP contribution in [0.3, 0.4) is 0 Å². The number of carbonyl (C=O) groups is 4. The summed E-state index contributed by atoms with van der Waals surface area (Å²) in [6.45, 7) is 5.35. The van der Waals surface area contributed by atoms with Crippen LogP contribution in [0.15, 0.2) is 4.99 Å². The molecule has 2 aliphatic rings. The van der Waals surface area contributed by atoms with Crippen LogP contribution < -0.4 is 11.5 Å². The number of nitrogens with two attached hydrogens (primary N) is 2. The number of β-lactam (4-membered cyclic amide) rings is 1. The first-order chi connectivity index (χ1) is 14.1. The number of hydrogen-bond acceptors (Lipinski definition) is 6. The summed E-state index contributed by atoms with van der Waals surface area (Å²) in [6, 6.07) is -1.86. The van der Waals surface area contributed by atoms with Gasteiger partial charge in [0, 0.05) is 32.7 Å². The summed E-state index contributed by atoms with van der Waals surface area (Å²) >= 11 is 0. The smallest absolute Gasteiger partial charge is 0.409 e. The second kappa shape index (κ2) is 10.1. The van der Waals surface area contributed by atoms with E-state index in [0.29, 0.717) is 13.0 Å². The number of carboxylic acid groups (broad SMARTS) is 1. The fraction of sp³-hybridized carbons (Fsp3) is 0.722. The Morgan fingerprint density at radius 1 is 1.17 bits per heavy atom. The zero-order valence-corrected chi connectivity index (χ0v) is 17.3. The molecule has 0 aromatic carbocycles. The van der Waals surface area contributed by atoms with E-state index >= 15 is 0 Å². The van der Waals surface area contributed by atoms with Gasteiger partial charge in [0.25, 0.3) is 0 Å². The number of guanidine groups is 1. The van der Waals surface area contributed by atoms with E-state index in [1.807, 2.05) is 13.8 Å². The van der Waals surface area contributed by atoms with E-state index < -0.39 is 36.0 Å². The maximum atomic E-state index is 12.7. The Labute approximate surface area is 174 Å². The van der Waals surface area contributed by atoms with Crippen LogP contribution in [0.5, 0.6) is 0 Å². The molecule has 4 amide bonds. The molecule has 0 radical (unpaired) electrons. The average Bonchev–Trinajstić information content (AvgIpc) is 2.69. The number of ether oxygens (including phenoxy) is 1. The Kier molecular flexibility index (Phi) is 7.84. The molecule has 0 unspecified atom stereocenters. The van der Waals surface area contributed by atoms with Gasteiger partial charge in [-0.1, -0.05) is 13.8 Å². The van der Waals surface area contributed by atoms with Crippen molar-refractivity contribution < 1.29 is 29.0 Å². The van der Waals surface area contributed by atoms with Crippen LogP contribution in [0.2, 0.25) is 0 Å². The quantitative estimate of drug-likeness (QED) is 0.211. The van der Waals surface area contributed by atoms with Crippen LogP contribution in [0.4, 0.5) is 9.59 Å². The van der Waals surface area contributed by atoms with Crippen LogP contribution in [0.25, 0.3) is 0 Å². The number of urea groups is 1. The van der Waals surface area contributed by atoms with Crippen LogP contribution in [0.1, 0.15) is 26.7 Å². The fourth-order valence-electron chi connectivity index (χ4n) is 3.41. The van der Waals surface area contributed by atoms with Crippen LogP contribution in [-0.2, 0) is 14.3 Å². The molecule has 168 valence electrons. The molecule has 12 heteroatoms. The first-order valence-corrected chi connectivity index (χ1v) is 9.95. The van der Waals surface area contributed by atoms with Crippen molar-refractivity contribution >= 4 is 30.0 Å². The van der Waals surface area contributed by atoms with Crippen LogP contribution >= 0.6 is 0 Å². The van der Waals surface area contributed by atoms with Crippen molar-refractivity contribution in [3.05, 3.63) is 0 Å². The predicted octanol–water partition coefficient (Wildman–Crippen LogP) is -0.518. The zero-order chi connectivity index (χ0) is 22.4. The van der Waals surface area contributed by atoms with Crippen LogP contribution in [0, 0.1) is 11.8 Å². The largest absolute Gasteiger partial charge is 0.480 e. The minimum Gasteiger partial charge on any atom is -0.480 e. The van der Waals surface area contributed by atoms with E-state index in [1.165, 1.54) is 9.80 Å². The maximum Gasteiger partial charge on any atom is 0.409 e. The zero-order valence-electron chi connectivity index (χ0n) is 17.3. The molecule has 2 rings (SSSR count). The second-order valence-electron chi connectivity index (χ2n) is 7.77. The highest BCUT2D eigenvalue weighted by Gasteiger charge is 2.55. The highest BCUT2D eigenvalue weighted by Crippen LogP contribution is 2.32. The molecule has 2 atom stereocenters. The lowest BCUT2D eigenvalue weighted by Gasteiger charge is -2.46. The maximum absolute atomic E-state index is 12.7. The number of carboxylic acids is 1. The normalized spacial score (nSPS) is 21.3. The summed E-state index contributed by atoms with van der Waals surface area (Å²) in [7, 11) is 0. The molecule has 0 aromatic heterocycles. The highest BCUT2D eigenvalue weighted by atomic mass is 16.6. The Bertz CT molecular complexity index is 699. The van der Waals surface area contributed by atoms with Crippen molar-refractivity contribution in [3.63, 3.8) is 0 Å². The SMILES string of the molecule is CC(C)COC(=O)N1CCN(C(=O)N2C(=O)[C@H](CCCN=C(N)N)[C@H]2C(=O)O)CC1. The summed E-state index contributed by atoms with van der Waals surface area (Å²) < 4.78 is 5.18. The molecule has 0 spiro atoms. The van der Waals surface area contributed by atoms with Gasteiger partial charge in [0.05, 0.1) is 12.5 Å². The molecule has 12 nitrogen and oxygen atoms in total. The number of hydrogen-bond donors (Lipinski definition) is 3. The number of likely N-dealkylation sites (tertiary alicyclic amines) is 1. The molecule has 0 saturated carbocycles. The van der Waals surface area contributed by atoms with Crippen LogP contribution in [-0.4, -0.2) is 95.1 Å². The number of nitrogens with zero attached hydrogens (tertiary/aromatic N) is 4. The van der Waals surface area contributed by atoms with Gasteiger partial charge < -0.3 is 31.1 Å². The average molecular weight is 426 g/mol. The number of aliphatic imine (C=N–C) groups is 1. The minimum absolute atomic E-state index is 0.0752. The summed E-state index contributed by atoms with van der Waals surface area (Å²) in [5.74, 6) is -2.39. The van der Waals surface area contributed by atoms with Gasteiger partial charge in [-0.3, -0.25) is 9.79 Å². The van der Waals surface area contributed by atoms with E-state index in [-0.39, 0.29) is 51.0 Å². The molecule has 2 fully saturated rings. The van der Waals surface area contributed by atoms with E-state index in [4.69, 9.17) is 16.2 Å². The van der Waals surface area contributed by atoms with Gasteiger partial charge in [-0.15, -0.1) is 0 Å². The topological polar surface area (TPSA) is 172 Å². The third-order valence-electron chi connectivity index (χ3n) is 4.99. The van der Waals surface area contributed by atoms with Gasteiger partial charge >= 0.3 is 18.1 Å². The second-order valence-corrected chi connectivity index (χ2v) is 7.77. The van der Waals surface area contributed by atoms with Crippen molar-refractivity contribution in [1.29, 1.82) is 0 Å². The Morgan fingerprint density at radius 2 is 1.77 bits per heavy atom. The van der Waals surface area contributed by atoms with Crippen molar-refractivity contribution in [2.75, 3.05) is 39.3 Å². The molecule has 2 heterocycles. The first-order valence-electron chi connectivity index (χ1n) is 9.95. The standard InChI is InChI=1S/C18H30N6O6/c1-11(2)10-30-18(29)23-8-6-22(7-9-23)17(28)24-13(15(26)27)12(14(24)25)4-3-5-21-16(19)20/h11-13H,3-10H2,1-2H3,(H,26,27)(H4,19,20,21)/t12-,13+/m1/s1. The number of aliphatic carboxylic acids is 1. The number of amides is 4. The van der Waals surface area contributed by atoms with Gasteiger partial charge in [0.1, 0.15) is 0 Å². The third-order valence-corrected chi connectivity index (χ3v) is 4.99. The number of rotatable bonds is 7. The molecule has 30 heavy (non-hydrogen) atoms. The number of imide groups is 1. The fourth-order valence-corrected chi connectivity index (χ4v) is 3.41. The van der Waals surface area contributed by atoms with E-state index in [1.54, 1.807) is 0 Å². The molecule has 2 aliphatic heterocycles. The Morgan fingerprint density at radius 3 is 2.30 bits per heavy atom. The highest BCUT2D eigenvalue weighted by molar-refractivity contribution is 6.07. The van der Waals surface area contributed by atoms with Crippen molar-refractivity contribution in [2.45, 2.75) is 32.7 Å². The van der Waals surface area contributed by atoms with Gasteiger partial charge in [-0.05, 0) is 18.8 Å². The van der Waals surface area contributed by atoms with E-state index in [9.17, 15) is 24.3 Å². The lowest BCUT2D eigenvalue weighted by Crippen LogP contribution is -2.69.